The normalized spacial score (nSPS) is 10.0. The van der Waals surface area contributed by atoms with E-state index in [1.165, 1.54) is 36.4 Å². The van der Waals surface area contributed by atoms with E-state index in [-0.39, 0.29) is 22.8 Å². The zero-order valence-electron chi connectivity index (χ0n) is 17.1. The van der Waals surface area contributed by atoms with Crippen molar-refractivity contribution in [3.63, 3.8) is 0 Å². The number of benzene rings is 2. The molecule has 8 nitrogen and oxygen atoms in total. The summed E-state index contributed by atoms with van der Waals surface area (Å²) in [6.07, 6.45) is 0.325. The summed E-state index contributed by atoms with van der Waals surface area (Å²) in [5, 5.41) is 26.4. The van der Waals surface area contributed by atoms with Gasteiger partial charge < -0.3 is 20.1 Å². The lowest BCUT2D eigenvalue weighted by Crippen LogP contribution is -2.11. The van der Waals surface area contributed by atoms with Gasteiger partial charge in [-0.2, -0.15) is 0 Å². The van der Waals surface area contributed by atoms with Gasteiger partial charge in [0.05, 0.1) is 28.4 Å². The minimum Gasteiger partial charge on any atom is -0.478 e. The van der Waals surface area contributed by atoms with Crippen molar-refractivity contribution in [2.45, 2.75) is 40.2 Å². The quantitative estimate of drug-likeness (QED) is 0.603. The highest BCUT2D eigenvalue weighted by atomic mass is 16.5. The predicted octanol–water partition coefficient (Wildman–Crippen LogP) is 3.90. The van der Waals surface area contributed by atoms with Crippen LogP contribution in [-0.4, -0.2) is 45.3 Å². The van der Waals surface area contributed by atoms with Crippen LogP contribution in [0.4, 0.5) is 0 Å². The molecule has 2 aromatic carbocycles. The fourth-order valence-electron chi connectivity index (χ4n) is 2.68. The van der Waals surface area contributed by atoms with Gasteiger partial charge in [0.15, 0.2) is 0 Å². The molecule has 3 N–H and O–H groups in total. The van der Waals surface area contributed by atoms with E-state index in [0.717, 1.165) is 0 Å². The number of hydrogen-bond donors (Lipinski definition) is 3. The fourth-order valence-corrected chi connectivity index (χ4v) is 2.68. The van der Waals surface area contributed by atoms with E-state index >= 15 is 0 Å². The first kappa shape index (κ1) is 24.4. The molecule has 0 aliphatic carbocycles. The molecule has 0 bridgehead atoms. The number of hydrogen-bond acceptors (Lipinski definition) is 5. The lowest BCUT2D eigenvalue weighted by atomic mass is 9.95. The van der Waals surface area contributed by atoms with Gasteiger partial charge in [-0.25, -0.2) is 19.2 Å². The van der Waals surface area contributed by atoms with Gasteiger partial charge in [-0.05, 0) is 74.7 Å². The third-order valence-electron chi connectivity index (χ3n) is 4.12. The summed E-state index contributed by atoms with van der Waals surface area (Å²) in [7, 11) is 0. The molecule has 0 aliphatic heterocycles. The molecule has 0 unspecified atom stereocenters. The number of esters is 1. The van der Waals surface area contributed by atoms with Crippen molar-refractivity contribution in [3.05, 3.63) is 69.8 Å². The molecule has 0 heterocycles. The van der Waals surface area contributed by atoms with Crippen molar-refractivity contribution in [2.75, 3.05) is 0 Å². The second-order valence-electron chi connectivity index (χ2n) is 6.56. The molecule has 0 amide bonds. The van der Waals surface area contributed by atoms with E-state index in [4.69, 9.17) is 20.1 Å². The predicted molar refractivity (Wildman–Crippen MR) is 108 cm³/mol. The Kier molecular flexibility index (Phi) is 8.73. The van der Waals surface area contributed by atoms with E-state index < -0.39 is 23.9 Å². The molecule has 2 aromatic rings. The monoisotopic (exact) mass is 416 g/mol. The summed E-state index contributed by atoms with van der Waals surface area (Å²) in [4.78, 5) is 43.6. The van der Waals surface area contributed by atoms with Crippen molar-refractivity contribution < 1.29 is 39.2 Å². The third-order valence-corrected chi connectivity index (χ3v) is 4.12. The summed E-state index contributed by atoms with van der Waals surface area (Å²) < 4.78 is 4.95. The SMILES string of the molecule is CC(C)OC(=O)c1ccc(C(=O)O)cc1.CCc1c(C(=O)O)ccc(C(=O)O)c1C. The Labute approximate surface area is 173 Å². The summed E-state index contributed by atoms with van der Waals surface area (Å²) in [5.41, 5.74) is 1.97. The molecule has 8 heteroatoms. The Morgan fingerprint density at radius 2 is 1.27 bits per heavy atom. The van der Waals surface area contributed by atoms with Crippen molar-refractivity contribution in [3.8, 4) is 0 Å². The van der Waals surface area contributed by atoms with Crippen molar-refractivity contribution >= 4 is 23.9 Å². The first-order chi connectivity index (χ1) is 14.0. The zero-order chi connectivity index (χ0) is 23.0. The summed E-state index contributed by atoms with van der Waals surface area (Å²) in [6, 6.07) is 8.30. The topological polar surface area (TPSA) is 138 Å². The van der Waals surface area contributed by atoms with Crippen LogP contribution >= 0.6 is 0 Å². The second kappa shape index (κ2) is 10.8. The number of carboxylic acid groups (broad SMARTS) is 3. The molecule has 0 saturated heterocycles. The van der Waals surface area contributed by atoms with Crippen LogP contribution in [0.25, 0.3) is 0 Å². The van der Waals surface area contributed by atoms with E-state index in [2.05, 4.69) is 0 Å². The minimum atomic E-state index is -1.03. The minimum absolute atomic E-state index is 0.149. The molecule has 2 rings (SSSR count). The second-order valence-corrected chi connectivity index (χ2v) is 6.56. The molecule has 0 aliphatic rings. The standard InChI is InChI=1S/2C11H12O4/c1-7(2)15-11(14)9-5-3-8(4-6-9)10(12)13;1-3-7-6(2)8(10(12)13)4-5-9(7)11(14)15/h3-7H,1-2H3,(H,12,13);4-5H,3H2,1-2H3,(H,12,13)(H,14,15). The Morgan fingerprint density at radius 1 is 0.800 bits per heavy atom. The van der Waals surface area contributed by atoms with E-state index in [1.54, 1.807) is 27.7 Å². The van der Waals surface area contributed by atoms with Crippen LogP contribution in [0.3, 0.4) is 0 Å². The van der Waals surface area contributed by atoms with Gasteiger partial charge in [-0.3, -0.25) is 0 Å². The maximum atomic E-state index is 11.4. The van der Waals surface area contributed by atoms with Gasteiger partial charge in [0.2, 0.25) is 0 Å². The Bertz CT molecular complexity index is 942. The molecule has 0 aromatic heterocycles. The molecule has 160 valence electrons. The highest BCUT2D eigenvalue weighted by Crippen LogP contribution is 2.19. The molecule has 0 spiro atoms. The van der Waals surface area contributed by atoms with Crippen LogP contribution in [0.2, 0.25) is 0 Å². The van der Waals surface area contributed by atoms with E-state index in [0.29, 0.717) is 23.1 Å². The van der Waals surface area contributed by atoms with Gasteiger partial charge in [0.25, 0.3) is 0 Å². The highest BCUT2D eigenvalue weighted by molar-refractivity contribution is 5.95. The average Bonchev–Trinajstić information content (AvgIpc) is 2.67. The lowest BCUT2D eigenvalue weighted by molar-refractivity contribution is 0.0376. The summed E-state index contributed by atoms with van der Waals surface area (Å²) in [6.45, 7) is 6.95. The van der Waals surface area contributed by atoms with E-state index in [1.807, 2.05) is 0 Å². The van der Waals surface area contributed by atoms with Gasteiger partial charge in [0.1, 0.15) is 0 Å². The number of aromatic carboxylic acids is 3. The van der Waals surface area contributed by atoms with Crippen molar-refractivity contribution in [1.82, 2.24) is 0 Å². The molecule has 0 fully saturated rings. The van der Waals surface area contributed by atoms with Gasteiger partial charge in [0, 0.05) is 0 Å². The number of carboxylic acids is 3. The average molecular weight is 416 g/mol. The van der Waals surface area contributed by atoms with Crippen LogP contribution in [0, 0.1) is 6.92 Å². The summed E-state index contributed by atoms with van der Waals surface area (Å²) >= 11 is 0. The Balaban J connectivity index is 0.000000300. The van der Waals surface area contributed by atoms with Crippen LogP contribution in [-0.2, 0) is 11.2 Å². The van der Waals surface area contributed by atoms with Crippen LogP contribution < -0.4 is 0 Å². The van der Waals surface area contributed by atoms with Crippen LogP contribution in [0.1, 0.15) is 73.3 Å². The van der Waals surface area contributed by atoms with Crippen molar-refractivity contribution in [2.24, 2.45) is 0 Å². The molecular weight excluding hydrogens is 392 g/mol. The zero-order valence-corrected chi connectivity index (χ0v) is 17.1. The molecule has 0 saturated carbocycles. The molecular formula is C22H24O8. The van der Waals surface area contributed by atoms with Gasteiger partial charge in [-0.1, -0.05) is 6.92 Å². The maximum Gasteiger partial charge on any atom is 0.338 e. The van der Waals surface area contributed by atoms with Gasteiger partial charge in [-0.15, -0.1) is 0 Å². The first-order valence-electron chi connectivity index (χ1n) is 9.12. The van der Waals surface area contributed by atoms with Crippen molar-refractivity contribution in [1.29, 1.82) is 0 Å². The maximum absolute atomic E-state index is 11.4. The summed E-state index contributed by atoms with van der Waals surface area (Å²) in [5.74, 6) is -3.51. The first-order valence-corrected chi connectivity index (χ1v) is 9.12. The largest absolute Gasteiger partial charge is 0.478 e. The Morgan fingerprint density at radius 3 is 1.67 bits per heavy atom. The van der Waals surface area contributed by atoms with Crippen LogP contribution in [0.15, 0.2) is 36.4 Å². The number of rotatable bonds is 6. The number of carbonyl (C=O) groups is 4. The van der Waals surface area contributed by atoms with Crippen LogP contribution in [0.5, 0.6) is 0 Å². The molecule has 0 radical (unpaired) electrons. The smallest absolute Gasteiger partial charge is 0.338 e. The van der Waals surface area contributed by atoms with Gasteiger partial charge >= 0.3 is 23.9 Å². The number of ether oxygens (including phenoxy) is 1. The lowest BCUT2D eigenvalue weighted by Gasteiger charge is -2.10. The Hall–Kier alpha value is -3.68. The number of carbonyl (C=O) groups excluding carboxylic acids is 1. The highest BCUT2D eigenvalue weighted by Gasteiger charge is 2.16. The molecule has 0 atom stereocenters. The van der Waals surface area contributed by atoms with E-state index in [9.17, 15) is 19.2 Å². The molecule has 30 heavy (non-hydrogen) atoms. The fraction of sp³-hybridized carbons (Fsp3) is 0.273. The third kappa shape index (κ3) is 6.44.